The Morgan fingerprint density at radius 2 is 2.22 bits per heavy atom. The largest absolute Gasteiger partial charge is 0.261 e. The van der Waals surface area contributed by atoms with E-state index in [-0.39, 0.29) is 11.7 Å². The van der Waals surface area contributed by atoms with Gasteiger partial charge in [-0.15, -0.1) is 0 Å². The number of aromatic nitrogens is 1. The van der Waals surface area contributed by atoms with Crippen LogP contribution in [-0.2, 0) is 10.0 Å². The number of sulfonamides is 1. The molecule has 1 aliphatic heterocycles. The number of hydrogen-bond acceptors (Lipinski definition) is 3. The summed E-state index contributed by atoms with van der Waals surface area (Å²) in [7, 11) is -3.06. The van der Waals surface area contributed by atoms with Crippen LogP contribution < -0.4 is 0 Å². The molecule has 0 bridgehead atoms. The van der Waals surface area contributed by atoms with Gasteiger partial charge in [0.2, 0.25) is 10.0 Å². The normalized spacial score (nSPS) is 22.0. The Labute approximate surface area is 109 Å². The maximum Gasteiger partial charge on any atom is 0.213 e. The topological polar surface area (TPSA) is 50.3 Å². The molecule has 4 nitrogen and oxygen atoms in total. The molecule has 0 saturated carbocycles. The van der Waals surface area contributed by atoms with Crippen molar-refractivity contribution < 1.29 is 8.42 Å². The Morgan fingerprint density at radius 1 is 1.44 bits per heavy atom. The minimum absolute atomic E-state index is 0.182. The van der Waals surface area contributed by atoms with Gasteiger partial charge in [0.15, 0.2) is 0 Å². The molecule has 2 heterocycles. The van der Waals surface area contributed by atoms with Crippen LogP contribution in [0, 0.1) is 6.92 Å². The molecule has 1 atom stereocenters. The molecule has 1 saturated heterocycles. The number of hydrogen-bond donors (Lipinski definition) is 0. The molecule has 0 aromatic carbocycles. The standard InChI is InChI=1S/C13H20N2O2S/c1-3-18(16,17)15-8-4-5-12(10-15)13-7-6-11(2)9-14-13/h6-7,9,12H,3-5,8,10H2,1-2H3. The molecule has 0 N–H and O–H groups in total. The average molecular weight is 268 g/mol. The first-order chi connectivity index (χ1) is 8.53. The van der Waals surface area contributed by atoms with Gasteiger partial charge in [0.25, 0.3) is 0 Å². The molecule has 1 aliphatic rings. The molecular weight excluding hydrogens is 248 g/mol. The van der Waals surface area contributed by atoms with Crippen molar-refractivity contribution in [3.8, 4) is 0 Å². The number of aryl methyl sites for hydroxylation is 1. The third-order valence-corrected chi connectivity index (χ3v) is 5.34. The zero-order valence-electron chi connectivity index (χ0n) is 11.0. The van der Waals surface area contributed by atoms with Crippen molar-refractivity contribution in [3.05, 3.63) is 29.6 Å². The van der Waals surface area contributed by atoms with Crippen LogP contribution >= 0.6 is 0 Å². The summed E-state index contributed by atoms with van der Waals surface area (Å²) in [5.41, 5.74) is 2.14. The molecular formula is C13H20N2O2S. The summed E-state index contributed by atoms with van der Waals surface area (Å²) in [5, 5.41) is 0. The lowest BCUT2D eigenvalue weighted by Gasteiger charge is -2.31. The molecule has 1 fully saturated rings. The fraction of sp³-hybridized carbons (Fsp3) is 0.615. The second-order valence-corrected chi connectivity index (χ2v) is 7.12. The fourth-order valence-electron chi connectivity index (χ4n) is 2.34. The summed E-state index contributed by atoms with van der Waals surface area (Å²) in [6.45, 7) is 4.93. The first kappa shape index (κ1) is 13.5. The first-order valence-corrected chi connectivity index (χ1v) is 8.04. The van der Waals surface area contributed by atoms with Crippen LogP contribution in [0.2, 0.25) is 0 Å². The van der Waals surface area contributed by atoms with Crippen LogP contribution in [0.15, 0.2) is 18.3 Å². The van der Waals surface area contributed by atoms with Crippen molar-refractivity contribution >= 4 is 10.0 Å². The van der Waals surface area contributed by atoms with E-state index in [0.717, 1.165) is 24.1 Å². The lowest BCUT2D eigenvalue weighted by Crippen LogP contribution is -2.40. The van der Waals surface area contributed by atoms with Gasteiger partial charge in [-0.25, -0.2) is 12.7 Å². The van der Waals surface area contributed by atoms with E-state index in [1.165, 1.54) is 0 Å². The van der Waals surface area contributed by atoms with E-state index in [4.69, 9.17) is 0 Å². The Kier molecular flexibility index (Phi) is 4.02. The van der Waals surface area contributed by atoms with Gasteiger partial charge in [0.1, 0.15) is 0 Å². The highest BCUT2D eigenvalue weighted by Gasteiger charge is 2.28. The monoisotopic (exact) mass is 268 g/mol. The Morgan fingerprint density at radius 3 is 2.83 bits per heavy atom. The summed E-state index contributed by atoms with van der Waals surface area (Å²) in [4.78, 5) is 4.42. The van der Waals surface area contributed by atoms with Gasteiger partial charge in [-0.2, -0.15) is 0 Å². The van der Waals surface area contributed by atoms with E-state index in [9.17, 15) is 8.42 Å². The van der Waals surface area contributed by atoms with Gasteiger partial charge >= 0.3 is 0 Å². The highest BCUT2D eigenvalue weighted by molar-refractivity contribution is 7.89. The zero-order valence-corrected chi connectivity index (χ0v) is 11.8. The lowest BCUT2D eigenvalue weighted by atomic mass is 9.95. The van der Waals surface area contributed by atoms with Gasteiger partial charge in [-0.1, -0.05) is 6.07 Å². The van der Waals surface area contributed by atoms with Gasteiger partial charge in [-0.3, -0.25) is 4.98 Å². The van der Waals surface area contributed by atoms with Gasteiger partial charge < -0.3 is 0 Å². The highest BCUT2D eigenvalue weighted by atomic mass is 32.2. The summed E-state index contributed by atoms with van der Waals surface area (Å²) in [6.07, 6.45) is 3.79. The van der Waals surface area contributed by atoms with E-state index in [1.54, 1.807) is 11.2 Å². The Hall–Kier alpha value is -0.940. The van der Waals surface area contributed by atoms with Crippen LogP contribution in [-0.4, -0.2) is 36.5 Å². The number of pyridine rings is 1. The molecule has 0 radical (unpaired) electrons. The number of rotatable bonds is 3. The highest BCUT2D eigenvalue weighted by Crippen LogP contribution is 2.27. The minimum atomic E-state index is -3.06. The predicted molar refractivity (Wildman–Crippen MR) is 72.0 cm³/mol. The van der Waals surface area contributed by atoms with Crippen LogP contribution in [0.4, 0.5) is 0 Å². The van der Waals surface area contributed by atoms with Crippen molar-refractivity contribution in [2.24, 2.45) is 0 Å². The van der Waals surface area contributed by atoms with Crippen molar-refractivity contribution in [1.29, 1.82) is 0 Å². The summed E-state index contributed by atoms with van der Waals surface area (Å²) < 4.78 is 25.4. The fourth-order valence-corrected chi connectivity index (χ4v) is 3.52. The second-order valence-electron chi connectivity index (χ2n) is 4.86. The van der Waals surface area contributed by atoms with E-state index in [2.05, 4.69) is 4.98 Å². The molecule has 1 unspecified atom stereocenters. The number of nitrogens with zero attached hydrogens (tertiary/aromatic N) is 2. The van der Waals surface area contributed by atoms with Crippen LogP contribution in [0.1, 0.15) is 36.9 Å². The smallest absolute Gasteiger partial charge is 0.213 e. The third-order valence-electron chi connectivity index (χ3n) is 3.49. The van der Waals surface area contributed by atoms with Crippen molar-refractivity contribution in [1.82, 2.24) is 9.29 Å². The number of piperidine rings is 1. The van der Waals surface area contributed by atoms with Crippen LogP contribution in [0.5, 0.6) is 0 Å². The van der Waals surface area contributed by atoms with Crippen molar-refractivity contribution in [3.63, 3.8) is 0 Å². The quantitative estimate of drug-likeness (QED) is 0.841. The SMILES string of the molecule is CCS(=O)(=O)N1CCCC(c2ccc(C)cn2)C1. The van der Waals surface area contributed by atoms with E-state index < -0.39 is 10.0 Å². The molecule has 0 amide bonds. The van der Waals surface area contributed by atoms with E-state index >= 15 is 0 Å². The summed E-state index contributed by atoms with van der Waals surface area (Å²) >= 11 is 0. The van der Waals surface area contributed by atoms with Crippen molar-refractivity contribution in [2.45, 2.75) is 32.6 Å². The molecule has 0 aliphatic carbocycles. The first-order valence-electron chi connectivity index (χ1n) is 6.43. The minimum Gasteiger partial charge on any atom is -0.261 e. The van der Waals surface area contributed by atoms with Gasteiger partial charge in [0, 0.05) is 30.9 Å². The van der Waals surface area contributed by atoms with Crippen LogP contribution in [0.25, 0.3) is 0 Å². The van der Waals surface area contributed by atoms with E-state index in [1.807, 2.05) is 25.3 Å². The third kappa shape index (κ3) is 2.90. The summed E-state index contributed by atoms with van der Waals surface area (Å²) in [5.74, 6) is 0.418. The van der Waals surface area contributed by atoms with Crippen LogP contribution in [0.3, 0.4) is 0 Å². The Bertz CT molecular complexity index is 496. The van der Waals surface area contributed by atoms with Gasteiger partial charge in [0.05, 0.1) is 5.75 Å². The second kappa shape index (κ2) is 5.36. The van der Waals surface area contributed by atoms with Gasteiger partial charge in [-0.05, 0) is 38.3 Å². The zero-order chi connectivity index (χ0) is 13.2. The molecule has 0 spiro atoms. The Balaban J connectivity index is 2.14. The molecule has 100 valence electrons. The predicted octanol–water partition coefficient (Wildman–Crippen LogP) is 1.92. The molecule has 1 aromatic rings. The van der Waals surface area contributed by atoms with Crippen molar-refractivity contribution in [2.75, 3.05) is 18.8 Å². The maximum atomic E-state index is 11.9. The maximum absolute atomic E-state index is 11.9. The van der Waals surface area contributed by atoms with E-state index in [0.29, 0.717) is 13.1 Å². The molecule has 2 rings (SSSR count). The lowest BCUT2D eigenvalue weighted by molar-refractivity contribution is 0.313. The average Bonchev–Trinajstić information content (AvgIpc) is 2.40. The molecule has 1 aromatic heterocycles. The molecule has 18 heavy (non-hydrogen) atoms. The molecule has 5 heteroatoms. The summed E-state index contributed by atoms with van der Waals surface area (Å²) in [6, 6.07) is 4.05.